The second kappa shape index (κ2) is 6.93. The Kier molecular flexibility index (Phi) is 5.17. The zero-order chi connectivity index (χ0) is 17.0. The minimum Gasteiger partial charge on any atom is -0.349 e. The van der Waals surface area contributed by atoms with E-state index in [1.165, 1.54) is 13.2 Å². The predicted molar refractivity (Wildman–Crippen MR) is 86.3 cm³/mol. The Morgan fingerprint density at radius 3 is 2.57 bits per heavy atom. The molecule has 8 heteroatoms. The lowest BCUT2D eigenvalue weighted by atomic mass is 10.0. The summed E-state index contributed by atoms with van der Waals surface area (Å²) in [7, 11) is -2.60. The number of sulfonamides is 1. The molecular weight excluding hydrogens is 316 g/mol. The molecule has 0 aliphatic carbocycles. The van der Waals surface area contributed by atoms with Gasteiger partial charge in [-0.2, -0.15) is 5.10 Å². The number of rotatable bonds is 6. The molecule has 1 atom stereocenters. The third-order valence-corrected chi connectivity index (χ3v) is 4.57. The van der Waals surface area contributed by atoms with E-state index in [-0.39, 0.29) is 16.6 Å². The zero-order valence-corrected chi connectivity index (χ0v) is 13.9. The van der Waals surface area contributed by atoms with Gasteiger partial charge in [-0.05, 0) is 18.4 Å². The van der Waals surface area contributed by atoms with Crippen molar-refractivity contribution in [3.8, 4) is 0 Å². The number of carbonyl (C=O) groups excluding carboxylic acids is 1. The van der Waals surface area contributed by atoms with Crippen LogP contribution in [0.1, 0.15) is 29.3 Å². The molecule has 1 amide bonds. The van der Waals surface area contributed by atoms with E-state index in [0.29, 0.717) is 12.8 Å². The van der Waals surface area contributed by atoms with Gasteiger partial charge in [0.15, 0.2) is 5.03 Å². The van der Waals surface area contributed by atoms with Crippen molar-refractivity contribution < 1.29 is 13.2 Å². The maximum absolute atomic E-state index is 12.4. The fraction of sp³-hybridized carbons (Fsp3) is 0.333. The van der Waals surface area contributed by atoms with Crippen molar-refractivity contribution in [2.45, 2.75) is 30.8 Å². The molecule has 2 rings (SSSR count). The number of hydrogen-bond donors (Lipinski definition) is 2. The minimum absolute atomic E-state index is 0.0403. The molecule has 1 unspecified atom stereocenters. The second-order valence-electron chi connectivity index (χ2n) is 5.30. The van der Waals surface area contributed by atoms with E-state index < -0.39 is 15.9 Å². The molecule has 1 aromatic carbocycles. The van der Waals surface area contributed by atoms with Gasteiger partial charge in [-0.25, -0.2) is 13.6 Å². The standard InChI is InChI=1S/C15H20N4O3S/c1-3-12(9-11-7-5-4-6-8-11)18-14(20)13-10-17-19(2)15(13)23(16,21)22/h4-8,10,12H,3,9H2,1-2H3,(H,18,20)(H2,16,21,22). The number of aromatic nitrogens is 2. The topological polar surface area (TPSA) is 107 Å². The molecule has 1 heterocycles. The molecule has 0 fully saturated rings. The third kappa shape index (κ3) is 4.17. The number of hydrogen-bond acceptors (Lipinski definition) is 4. The lowest BCUT2D eigenvalue weighted by Crippen LogP contribution is -2.36. The van der Waals surface area contributed by atoms with Crippen molar-refractivity contribution in [2.75, 3.05) is 0 Å². The summed E-state index contributed by atoms with van der Waals surface area (Å²) in [5.74, 6) is -0.495. The summed E-state index contributed by atoms with van der Waals surface area (Å²) >= 11 is 0. The normalized spacial score (nSPS) is 12.8. The highest BCUT2D eigenvalue weighted by atomic mass is 32.2. The van der Waals surface area contributed by atoms with Gasteiger partial charge >= 0.3 is 0 Å². The summed E-state index contributed by atoms with van der Waals surface area (Å²) in [6.07, 6.45) is 2.59. The molecule has 23 heavy (non-hydrogen) atoms. The number of benzene rings is 1. The number of nitrogens with one attached hydrogen (secondary N) is 1. The maximum atomic E-state index is 12.4. The Bertz CT molecular complexity index is 784. The average molecular weight is 336 g/mol. The van der Waals surface area contributed by atoms with Crippen LogP contribution < -0.4 is 10.5 Å². The molecule has 0 saturated heterocycles. The first kappa shape index (κ1) is 17.2. The van der Waals surface area contributed by atoms with Gasteiger partial charge in [0.25, 0.3) is 15.9 Å². The van der Waals surface area contributed by atoms with E-state index in [4.69, 9.17) is 5.14 Å². The first-order chi connectivity index (χ1) is 10.8. The van der Waals surface area contributed by atoms with Gasteiger partial charge in [-0.3, -0.25) is 9.48 Å². The fourth-order valence-electron chi connectivity index (χ4n) is 2.38. The summed E-state index contributed by atoms with van der Waals surface area (Å²) in [5.41, 5.74) is 1.05. The summed E-state index contributed by atoms with van der Waals surface area (Å²) in [4.78, 5) is 12.4. The van der Waals surface area contributed by atoms with Crippen LogP contribution in [0.3, 0.4) is 0 Å². The van der Waals surface area contributed by atoms with Gasteiger partial charge < -0.3 is 5.32 Å². The van der Waals surface area contributed by atoms with Crippen molar-refractivity contribution in [1.82, 2.24) is 15.1 Å². The molecule has 7 nitrogen and oxygen atoms in total. The van der Waals surface area contributed by atoms with Crippen LogP contribution in [0.2, 0.25) is 0 Å². The van der Waals surface area contributed by atoms with E-state index in [1.54, 1.807) is 0 Å². The molecule has 0 aliphatic heterocycles. The zero-order valence-electron chi connectivity index (χ0n) is 13.1. The Hall–Kier alpha value is -2.19. The quantitative estimate of drug-likeness (QED) is 0.814. The summed E-state index contributed by atoms with van der Waals surface area (Å²) in [6, 6.07) is 9.65. The van der Waals surface area contributed by atoms with Crippen LogP contribution in [0.4, 0.5) is 0 Å². The van der Waals surface area contributed by atoms with Crippen molar-refractivity contribution in [2.24, 2.45) is 12.2 Å². The average Bonchev–Trinajstić information content (AvgIpc) is 2.89. The van der Waals surface area contributed by atoms with Crippen LogP contribution in [0, 0.1) is 0 Å². The molecule has 0 saturated carbocycles. The van der Waals surface area contributed by atoms with Gasteiger partial charge in [-0.1, -0.05) is 37.3 Å². The predicted octanol–water partition coefficient (Wildman–Crippen LogP) is 0.819. The highest BCUT2D eigenvalue weighted by molar-refractivity contribution is 7.89. The van der Waals surface area contributed by atoms with Gasteiger partial charge in [-0.15, -0.1) is 0 Å². The molecule has 0 bridgehead atoms. The first-order valence-electron chi connectivity index (χ1n) is 7.22. The van der Waals surface area contributed by atoms with E-state index >= 15 is 0 Å². The number of carbonyl (C=O) groups is 1. The van der Waals surface area contributed by atoms with Gasteiger partial charge in [0.1, 0.15) is 0 Å². The number of nitrogens with two attached hydrogens (primary N) is 1. The maximum Gasteiger partial charge on any atom is 0.256 e. The van der Waals surface area contributed by atoms with Crippen LogP contribution in [0.25, 0.3) is 0 Å². The third-order valence-electron chi connectivity index (χ3n) is 3.55. The molecular formula is C15H20N4O3S. The van der Waals surface area contributed by atoms with Crippen LogP contribution >= 0.6 is 0 Å². The van der Waals surface area contributed by atoms with Crippen molar-refractivity contribution >= 4 is 15.9 Å². The Morgan fingerprint density at radius 2 is 2.00 bits per heavy atom. The van der Waals surface area contributed by atoms with E-state index in [9.17, 15) is 13.2 Å². The van der Waals surface area contributed by atoms with Gasteiger partial charge in [0, 0.05) is 13.1 Å². The SMILES string of the molecule is CCC(Cc1ccccc1)NC(=O)c1cnn(C)c1S(N)(=O)=O. The van der Waals surface area contributed by atoms with Crippen molar-refractivity contribution in [1.29, 1.82) is 0 Å². The highest BCUT2D eigenvalue weighted by Crippen LogP contribution is 2.14. The lowest BCUT2D eigenvalue weighted by molar-refractivity contribution is 0.0932. The highest BCUT2D eigenvalue weighted by Gasteiger charge is 2.25. The molecule has 0 aliphatic rings. The number of aryl methyl sites for hydroxylation is 1. The van der Waals surface area contributed by atoms with Crippen molar-refractivity contribution in [3.05, 3.63) is 47.7 Å². The van der Waals surface area contributed by atoms with Crippen LogP contribution in [-0.4, -0.2) is 30.1 Å². The molecule has 0 radical (unpaired) electrons. The summed E-state index contributed by atoms with van der Waals surface area (Å²) in [6.45, 7) is 1.96. The summed E-state index contributed by atoms with van der Waals surface area (Å²) < 4.78 is 24.3. The van der Waals surface area contributed by atoms with Crippen LogP contribution in [0.5, 0.6) is 0 Å². The fourth-order valence-corrected chi connectivity index (χ4v) is 3.25. The number of amides is 1. The Morgan fingerprint density at radius 1 is 1.35 bits per heavy atom. The minimum atomic E-state index is -4.03. The molecule has 124 valence electrons. The van der Waals surface area contributed by atoms with E-state index in [2.05, 4.69) is 10.4 Å². The van der Waals surface area contributed by atoms with E-state index in [1.807, 2.05) is 37.3 Å². The second-order valence-corrected chi connectivity index (χ2v) is 6.78. The number of primary sulfonamides is 1. The molecule has 2 aromatic rings. The van der Waals surface area contributed by atoms with Gasteiger partial charge in [0.05, 0.1) is 11.8 Å². The molecule has 3 N–H and O–H groups in total. The Balaban J connectivity index is 2.18. The van der Waals surface area contributed by atoms with Crippen LogP contribution in [-0.2, 0) is 23.5 Å². The molecule has 1 aromatic heterocycles. The van der Waals surface area contributed by atoms with Crippen LogP contribution in [0.15, 0.2) is 41.6 Å². The lowest BCUT2D eigenvalue weighted by Gasteiger charge is -2.17. The Labute approximate surface area is 135 Å². The monoisotopic (exact) mass is 336 g/mol. The van der Waals surface area contributed by atoms with Gasteiger partial charge in [0.2, 0.25) is 0 Å². The first-order valence-corrected chi connectivity index (χ1v) is 8.77. The van der Waals surface area contributed by atoms with Crippen molar-refractivity contribution in [3.63, 3.8) is 0 Å². The smallest absolute Gasteiger partial charge is 0.256 e. The number of nitrogens with zero attached hydrogens (tertiary/aromatic N) is 2. The molecule has 0 spiro atoms. The largest absolute Gasteiger partial charge is 0.349 e. The summed E-state index contributed by atoms with van der Waals surface area (Å²) in [5, 5.41) is 11.5. The van der Waals surface area contributed by atoms with E-state index in [0.717, 1.165) is 10.2 Å².